The zero-order valence-corrected chi connectivity index (χ0v) is 11.4. The van der Waals surface area contributed by atoms with Gasteiger partial charge in [0.2, 0.25) is 0 Å². The summed E-state index contributed by atoms with van der Waals surface area (Å²) in [6, 6.07) is 13.5. The Labute approximate surface area is 122 Å². The summed E-state index contributed by atoms with van der Waals surface area (Å²) in [5.41, 5.74) is 9.90. The van der Waals surface area contributed by atoms with E-state index in [9.17, 15) is 0 Å². The molecule has 0 saturated heterocycles. The third kappa shape index (κ3) is 2.37. The van der Waals surface area contributed by atoms with Crippen LogP contribution in [-0.2, 0) is 13.0 Å². The Kier molecular flexibility index (Phi) is 3.17. The van der Waals surface area contributed by atoms with E-state index in [1.54, 1.807) is 0 Å². The number of fused-ring (bicyclic) bond motifs is 1. The number of anilines is 2. The fraction of sp³-hybridized carbons (Fsp3) is 0.188. The highest BCUT2D eigenvalue weighted by molar-refractivity contribution is 5.55. The van der Waals surface area contributed by atoms with Crippen LogP contribution in [0.15, 0.2) is 30.3 Å². The lowest BCUT2D eigenvalue weighted by Crippen LogP contribution is -2.31. The first-order valence-electron chi connectivity index (χ1n) is 6.64. The zero-order valence-electron chi connectivity index (χ0n) is 11.4. The number of nitriles is 2. The fourth-order valence-electron chi connectivity index (χ4n) is 2.54. The Morgan fingerprint density at radius 2 is 1.90 bits per heavy atom. The Bertz CT molecular complexity index is 765. The van der Waals surface area contributed by atoms with E-state index in [-0.39, 0.29) is 0 Å². The first kappa shape index (κ1) is 13.0. The highest BCUT2D eigenvalue weighted by Crippen LogP contribution is 2.25. The molecular weight excluding hydrogens is 262 g/mol. The van der Waals surface area contributed by atoms with Gasteiger partial charge in [0, 0.05) is 30.9 Å². The number of pyridine rings is 1. The van der Waals surface area contributed by atoms with Crippen LogP contribution >= 0.6 is 0 Å². The van der Waals surface area contributed by atoms with Gasteiger partial charge in [-0.1, -0.05) is 0 Å². The van der Waals surface area contributed by atoms with E-state index in [0.717, 1.165) is 29.9 Å². The number of rotatable bonds is 1. The van der Waals surface area contributed by atoms with E-state index in [4.69, 9.17) is 16.3 Å². The van der Waals surface area contributed by atoms with Crippen molar-refractivity contribution in [2.75, 3.05) is 17.2 Å². The van der Waals surface area contributed by atoms with E-state index >= 15 is 0 Å². The van der Waals surface area contributed by atoms with Crippen molar-refractivity contribution in [3.63, 3.8) is 0 Å². The Morgan fingerprint density at radius 1 is 1.14 bits per heavy atom. The maximum absolute atomic E-state index is 9.05. The minimum atomic E-state index is 0.308. The average Bonchev–Trinajstić information content (AvgIpc) is 2.54. The van der Waals surface area contributed by atoms with Gasteiger partial charge in [-0.3, -0.25) is 0 Å². The first-order valence-corrected chi connectivity index (χ1v) is 6.64. The van der Waals surface area contributed by atoms with Crippen molar-refractivity contribution in [3.05, 3.63) is 52.7 Å². The topological polar surface area (TPSA) is 89.7 Å². The van der Waals surface area contributed by atoms with Gasteiger partial charge in [0.05, 0.1) is 17.2 Å². The molecule has 0 amide bonds. The molecule has 1 aliphatic heterocycles. The summed E-state index contributed by atoms with van der Waals surface area (Å²) in [4.78, 5) is 6.54. The monoisotopic (exact) mass is 275 g/mol. The van der Waals surface area contributed by atoms with E-state index < -0.39 is 0 Å². The second-order valence-corrected chi connectivity index (χ2v) is 4.97. The molecule has 21 heavy (non-hydrogen) atoms. The van der Waals surface area contributed by atoms with Crippen LogP contribution in [0.2, 0.25) is 0 Å². The predicted molar refractivity (Wildman–Crippen MR) is 79.3 cm³/mol. The van der Waals surface area contributed by atoms with Crippen LogP contribution in [-0.4, -0.2) is 11.5 Å². The number of nitrogens with two attached hydrogens (primary N) is 1. The number of benzene rings is 1. The summed E-state index contributed by atoms with van der Waals surface area (Å²) in [6.45, 7) is 1.54. The molecule has 2 heterocycles. The van der Waals surface area contributed by atoms with Crippen LogP contribution < -0.4 is 10.6 Å². The van der Waals surface area contributed by atoms with Crippen LogP contribution in [0.4, 0.5) is 11.5 Å². The summed E-state index contributed by atoms with van der Waals surface area (Å²) in [6.07, 6.45) is 0.797. The third-order valence-corrected chi connectivity index (χ3v) is 3.68. The molecule has 5 heteroatoms. The average molecular weight is 275 g/mol. The molecule has 3 rings (SSSR count). The van der Waals surface area contributed by atoms with Crippen molar-refractivity contribution >= 4 is 11.5 Å². The van der Waals surface area contributed by atoms with Gasteiger partial charge in [0.25, 0.3) is 0 Å². The largest absolute Gasteiger partial charge is 0.383 e. The first-order chi connectivity index (χ1) is 10.2. The van der Waals surface area contributed by atoms with Crippen LogP contribution in [0.5, 0.6) is 0 Å². The lowest BCUT2D eigenvalue weighted by molar-refractivity contribution is 0.713. The van der Waals surface area contributed by atoms with Crippen molar-refractivity contribution in [1.29, 1.82) is 10.5 Å². The Balaban J connectivity index is 1.90. The van der Waals surface area contributed by atoms with Crippen molar-refractivity contribution in [2.24, 2.45) is 0 Å². The maximum atomic E-state index is 9.05. The van der Waals surface area contributed by atoms with Crippen molar-refractivity contribution in [2.45, 2.75) is 13.0 Å². The van der Waals surface area contributed by atoms with Crippen LogP contribution in [0, 0.1) is 22.7 Å². The minimum Gasteiger partial charge on any atom is -0.383 e. The minimum absolute atomic E-state index is 0.308. The Morgan fingerprint density at radius 3 is 2.57 bits per heavy atom. The second kappa shape index (κ2) is 5.15. The molecule has 1 aliphatic rings. The molecule has 0 aliphatic carbocycles. The van der Waals surface area contributed by atoms with Gasteiger partial charge in [-0.2, -0.15) is 10.5 Å². The van der Waals surface area contributed by atoms with Crippen molar-refractivity contribution < 1.29 is 0 Å². The number of aromatic nitrogens is 1. The second-order valence-electron chi connectivity index (χ2n) is 4.97. The molecule has 0 atom stereocenters. The van der Waals surface area contributed by atoms with Crippen molar-refractivity contribution in [1.82, 2.24) is 4.98 Å². The van der Waals surface area contributed by atoms with Gasteiger partial charge < -0.3 is 10.6 Å². The van der Waals surface area contributed by atoms with Gasteiger partial charge in [-0.25, -0.2) is 4.98 Å². The van der Waals surface area contributed by atoms with Crippen LogP contribution in [0.25, 0.3) is 0 Å². The molecule has 0 saturated carbocycles. The lowest BCUT2D eigenvalue weighted by Gasteiger charge is -2.30. The number of hydrogen-bond donors (Lipinski definition) is 1. The molecular formula is C16H13N5. The third-order valence-electron chi connectivity index (χ3n) is 3.68. The van der Waals surface area contributed by atoms with Gasteiger partial charge in [0.1, 0.15) is 11.9 Å². The van der Waals surface area contributed by atoms with Gasteiger partial charge in [-0.05, 0) is 35.9 Å². The maximum Gasteiger partial charge on any atom is 0.141 e. The molecule has 0 radical (unpaired) electrons. The van der Waals surface area contributed by atoms with Gasteiger partial charge >= 0.3 is 0 Å². The van der Waals surface area contributed by atoms with Gasteiger partial charge in [-0.15, -0.1) is 0 Å². The molecule has 0 unspecified atom stereocenters. The number of nitrogen functional groups attached to an aromatic ring is 1. The molecule has 102 valence electrons. The fourth-order valence-corrected chi connectivity index (χ4v) is 2.54. The zero-order chi connectivity index (χ0) is 14.8. The van der Waals surface area contributed by atoms with Crippen molar-refractivity contribution in [3.8, 4) is 12.1 Å². The summed E-state index contributed by atoms with van der Waals surface area (Å²) in [5.74, 6) is 0.308. The summed E-state index contributed by atoms with van der Waals surface area (Å²) < 4.78 is 0. The smallest absolute Gasteiger partial charge is 0.141 e. The van der Waals surface area contributed by atoms with Gasteiger partial charge in [0.15, 0.2) is 0 Å². The molecule has 2 N–H and O–H groups in total. The standard InChI is InChI=1S/C16H13N5/c17-8-11-1-3-14(4-2-11)21-6-5-15-13(10-21)7-12(9-18)16(19)20-15/h1-4,7H,5-6,10H2,(H2,19,20). The number of hydrogen-bond acceptors (Lipinski definition) is 5. The normalized spacial score (nSPS) is 13.1. The summed E-state index contributed by atoms with van der Waals surface area (Å²) >= 11 is 0. The highest BCUT2D eigenvalue weighted by atomic mass is 15.1. The summed E-state index contributed by atoms with van der Waals surface area (Å²) in [5, 5.41) is 17.9. The molecule has 0 fully saturated rings. The van der Waals surface area contributed by atoms with E-state index in [0.29, 0.717) is 23.5 Å². The van der Waals surface area contributed by atoms with Crippen LogP contribution in [0.1, 0.15) is 22.4 Å². The molecule has 1 aromatic heterocycles. The van der Waals surface area contributed by atoms with E-state index in [1.165, 1.54) is 0 Å². The highest BCUT2D eigenvalue weighted by Gasteiger charge is 2.19. The summed E-state index contributed by atoms with van der Waals surface area (Å²) in [7, 11) is 0. The van der Waals surface area contributed by atoms with E-state index in [2.05, 4.69) is 22.0 Å². The Hall–Kier alpha value is -3.05. The lowest BCUT2D eigenvalue weighted by atomic mass is 10.0. The number of nitrogens with zero attached hydrogens (tertiary/aromatic N) is 4. The molecule has 0 spiro atoms. The predicted octanol–water partition coefficient (Wildman–Crippen LogP) is 1.97. The SMILES string of the molecule is N#Cc1ccc(N2CCc3nc(N)c(C#N)cc3C2)cc1. The van der Waals surface area contributed by atoms with Crippen LogP contribution in [0.3, 0.4) is 0 Å². The van der Waals surface area contributed by atoms with E-state index in [1.807, 2.05) is 30.3 Å². The quantitative estimate of drug-likeness (QED) is 0.859. The molecule has 5 nitrogen and oxygen atoms in total. The molecule has 2 aromatic rings. The molecule has 1 aromatic carbocycles. The molecule has 0 bridgehead atoms.